The number of benzene rings is 2. The van der Waals surface area contributed by atoms with Crippen molar-refractivity contribution in [3.8, 4) is 0 Å². The number of hydrogen-bond acceptors (Lipinski definition) is 5. The number of ketones is 1. The van der Waals surface area contributed by atoms with Gasteiger partial charge in [-0.1, -0.05) is 65.8 Å². The van der Waals surface area contributed by atoms with Gasteiger partial charge in [0.05, 0.1) is 13.0 Å². The van der Waals surface area contributed by atoms with Crippen molar-refractivity contribution in [2.24, 2.45) is 0 Å². The van der Waals surface area contributed by atoms with Crippen LogP contribution in [0.4, 0.5) is 0 Å². The minimum atomic E-state index is -0.230. The average Bonchev–Trinajstić information content (AvgIpc) is 3.35. The SMILES string of the molecule is O=C(CC1=C(c2ccccc2)CCC1=O)NCc1nc(Cc2ccccc2)no1. The molecule has 0 unspecified atom stereocenters. The number of nitrogens with zero attached hydrogens (tertiary/aromatic N) is 2. The van der Waals surface area contributed by atoms with Crippen molar-refractivity contribution in [3.63, 3.8) is 0 Å². The second-order valence-electron chi connectivity index (χ2n) is 6.97. The first-order chi connectivity index (χ1) is 14.2. The standard InChI is InChI=1S/C23H21N3O3/c27-20-12-11-18(17-9-5-2-6-10-17)19(20)14-22(28)24-15-23-25-21(26-29-23)13-16-7-3-1-4-8-16/h1-10H,11-15H2,(H,24,28). The molecule has 6 nitrogen and oxygen atoms in total. The molecule has 2 aromatic carbocycles. The van der Waals surface area contributed by atoms with Crippen molar-refractivity contribution in [3.05, 3.63) is 89.1 Å². The lowest BCUT2D eigenvalue weighted by Crippen LogP contribution is -2.24. The van der Waals surface area contributed by atoms with E-state index in [-0.39, 0.29) is 24.7 Å². The minimum Gasteiger partial charge on any atom is -0.347 e. The summed E-state index contributed by atoms with van der Waals surface area (Å²) in [5.41, 5.74) is 3.66. The van der Waals surface area contributed by atoms with Crippen molar-refractivity contribution >= 4 is 17.3 Å². The predicted octanol–water partition coefficient (Wildman–Crippen LogP) is 3.48. The highest BCUT2D eigenvalue weighted by Crippen LogP contribution is 2.33. The van der Waals surface area contributed by atoms with E-state index in [1.165, 1.54) is 0 Å². The van der Waals surface area contributed by atoms with Crippen molar-refractivity contribution in [2.75, 3.05) is 0 Å². The lowest BCUT2D eigenvalue weighted by atomic mass is 10.00. The molecule has 1 aliphatic rings. The second kappa shape index (κ2) is 8.65. The Bertz CT molecular complexity index is 1040. The Hall–Kier alpha value is -3.54. The van der Waals surface area contributed by atoms with Crippen LogP contribution in [0.5, 0.6) is 0 Å². The summed E-state index contributed by atoms with van der Waals surface area (Å²) < 4.78 is 5.21. The Labute approximate surface area is 168 Å². The molecular weight excluding hydrogens is 366 g/mol. The molecular formula is C23H21N3O3. The van der Waals surface area contributed by atoms with E-state index in [1.807, 2.05) is 60.7 Å². The van der Waals surface area contributed by atoms with Gasteiger partial charge in [0.2, 0.25) is 11.8 Å². The topological polar surface area (TPSA) is 85.1 Å². The molecule has 6 heteroatoms. The van der Waals surface area contributed by atoms with Gasteiger partial charge >= 0.3 is 0 Å². The zero-order chi connectivity index (χ0) is 20.1. The fourth-order valence-corrected chi connectivity index (χ4v) is 3.48. The van der Waals surface area contributed by atoms with Gasteiger partial charge in [0, 0.05) is 18.4 Å². The highest BCUT2D eigenvalue weighted by molar-refractivity contribution is 6.10. The van der Waals surface area contributed by atoms with Crippen LogP contribution in [0.3, 0.4) is 0 Å². The summed E-state index contributed by atoms with van der Waals surface area (Å²) in [6.45, 7) is 0.142. The average molecular weight is 387 g/mol. The molecule has 0 saturated heterocycles. The van der Waals surface area contributed by atoms with E-state index in [1.54, 1.807) is 0 Å². The Morgan fingerprint density at radius 3 is 2.48 bits per heavy atom. The highest BCUT2D eigenvalue weighted by atomic mass is 16.5. The molecule has 0 bridgehead atoms. The summed E-state index contributed by atoms with van der Waals surface area (Å²) >= 11 is 0. The van der Waals surface area contributed by atoms with Crippen LogP contribution in [0.2, 0.25) is 0 Å². The summed E-state index contributed by atoms with van der Waals surface area (Å²) in [5.74, 6) is 0.730. The molecule has 0 saturated carbocycles. The number of aromatic nitrogens is 2. The molecule has 0 atom stereocenters. The Morgan fingerprint density at radius 1 is 1.00 bits per heavy atom. The molecule has 0 fully saturated rings. The van der Waals surface area contributed by atoms with Gasteiger partial charge < -0.3 is 9.84 Å². The summed E-state index contributed by atoms with van der Waals surface area (Å²) in [6, 6.07) is 19.6. The lowest BCUT2D eigenvalue weighted by Gasteiger charge is -2.07. The van der Waals surface area contributed by atoms with Gasteiger partial charge in [-0.15, -0.1) is 0 Å². The molecule has 3 aromatic rings. The van der Waals surface area contributed by atoms with Crippen molar-refractivity contribution < 1.29 is 14.1 Å². The number of amides is 1. The van der Waals surface area contributed by atoms with E-state index in [0.717, 1.165) is 16.7 Å². The van der Waals surface area contributed by atoms with E-state index in [9.17, 15) is 9.59 Å². The van der Waals surface area contributed by atoms with Crippen LogP contribution in [-0.4, -0.2) is 21.8 Å². The maximum absolute atomic E-state index is 12.4. The van der Waals surface area contributed by atoms with Gasteiger partial charge in [0.1, 0.15) is 0 Å². The first-order valence-electron chi connectivity index (χ1n) is 9.62. The summed E-state index contributed by atoms with van der Waals surface area (Å²) in [4.78, 5) is 29.0. The van der Waals surface area contributed by atoms with Crippen molar-refractivity contribution in [2.45, 2.75) is 32.2 Å². The van der Waals surface area contributed by atoms with E-state index in [4.69, 9.17) is 4.52 Å². The van der Waals surface area contributed by atoms with Crippen LogP contribution in [-0.2, 0) is 22.6 Å². The van der Waals surface area contributed by atoms with E-state index >= 15 is 0 Å². The molecule has 146 valence electrons. The second-order valence-corrected chi connectivity index (χ2v) is 6.97. The maximum Gasteiger partial charge on any atom is 0.246 e. The van der Waals surface area contributed by atoms with Crippen molar-refractivity contribution in [1.82, 2.24) is 15.5 Å². The molecule has 1 heterocycles. The van der Waals surface area contributed by atoms with Crippen molar-refractivity contribution in [1.29, 1.82) is 0 Å². The minimum absolute atomic E-state index is 0.0435. The summed E-state index contributed by atoms with van der Waals surface area (Å²) in [5, 5.41) is 6.73. The monoisotopic (exact) mass is 387 g/mol. The van der Waals surface area contributed by atoms with Gasteiger partial charge in [-0.2, -0.15) is 4.98 Å². The molecule has 4 rings (SSSR count). The summed E-state index contributed by atoms with van der Waals surface area (Å²) in [7, 11) is 0. The number of carbonyl (C=O) groups excluding carboxylic acids is 2. The van der Waals surface area contributed by atoms with Gasteiger partial charge in [-0.25, -0.2) is 0 Å². The number of nitrogens with one attached hydrogen (secondary N) is 1. The Morgan fingerprint density at radius 2 is 1.72 bits per heavy atom. The number of hydrogen-bond donors (Lipinski definition) is 1. The zero-order valence-corrected chi connectivity index (χ0v) is 15.9. The quantitative estimate of drug-likeness (QED) is 0.671. The van der Waals surface area contributed by atoms with Gasteiger partial charge in [-0.3, -0.25) is 9.59 Å². The smallest absolute Gasteiger partial charge is 0.246 e. The molecule has 0 radical (unpaired) electrons. The van der Waals surface area contributed by atoms with Gasteiger partial charge in [-0.05, 0) is 23.1 Å². The molecule has 29 heavy (non-hydrogen) atoms. The number of rotatable bonds is 7. The molecule has 1 N–H and O–H groups in total. The molecule has 1 aliphatic carbocycles. The molecule has 1 aromatic heterocycles. The van der Waals surface area contributed by atoms with E-state index < -0.39 is 0 Å². The van der Waals surface area contributed by atoms with E-state index in [0.29, 0.717) is 36.6 Å². The zero-order valence-electron chi connectivity index (χ0n) is 15.9. The Kier molecular flexibility index (Phi) is 5.61. The molecule has 0 spiro atoms. The maximum atomic E-state index is 12.4. The van der Waals surface area contributed by atoms with Crippen LogP contribution in [0, 0.1) is 0 Å². The van der Waals surface area contributed by atoms with Crippen LogP contribution >= 0.6 is 0 Å². The van der Waals surface area contributed by atoms with Crippen LogP contribution in [0.25, 0.3) is 5.57 Å². The first kappa shape index (κ1) is 18.8. The third-order valence-electron chi connectivity index (χ3n) is 4.91. The van der Waals surface area contributed by atoms with Gasteiger partial charge in [0.25, 0.3) is 0 Å². The molecule has 1 amide bonds. The van der Waals surface area contributed by atoms with Crippen LogP contribution in [0.1, 0.15) is 42.1 Å². The number of Topliss-reactive ketones (excluding diaryl/α,β-unsaturated/α-hetero) is 1. The molecule has 0 aliphatic heterocycles. The fraction of sp³-hybridized carbons (Fsp3) is 0.217. The highest BCUT2D eigenvalue weighted by Gasteiger charge is 2.25. The summed E-state index contributed by atoms with van der Waals surface area (Å²) in [6.07, 6.45) is 1.77. The first-order valence-corrected chi connectivity index (χ1v) is 9.62. The predicted molar refractivity (Wildman–Crippen MR) is 108 cm³/mol. The third kappa shape index (κ3) is 4.66. The van der Waals surface area contributed by atoms with Crippen LogP contribution < -0.4 is 5.32 Å². The number of carbonyl (C=O) groups is 2. The van der Waals surface area contributed by atoms with E-state index in [2.05, 4.69) is 15.5 Å². The van der Waals surface area contributed by atoms with Crippen LogP contribution in [0.15, 0.2) is 70.8 Å². The third-order valence-corrected chi connectivity index (χ3v) is 4.91. The fourth-order valence-electron chi connectivity index (χ4n) is 3.48. The lowest BCUT2D eigenvalue weighted by molar-refractivity contribution is -0.122. The number of allylic oxidation sites excluding steroid dienone is 1. The van der Waals surface area contributed by atoms with Gasteiger partial charge in [0.15, 0.2) is 11.6 Å². The normalized spacial score (nSPS) is 13.7. The largest absolute Gasteiger partial charge is 0.347 e. The Balaban J connectivity index is 1.36.